The van der Waals surface area contributed by atoms with E-state index < -0.39 is 0 Å². The van der Waals surface area contributed by atoms with Crippen LogP contribution in [-0.4, -0.2) is 42.0 Å². The standard InChI is InChI=1S/C15H31N3O/c1-12-6-8-15(11-16,9-7-12)18(5)10-13(19)17-14(2,3)4/h12H,6-11,16H2,1-5H3,(H,17,19). The summed E-state index contributed by atoms with van der Waals surface area (Å²) in [4.78, 5) is 14.2. The van der Waals surface area contributed by atoms with Crippen molar-refractivity contribution in [3.8, 4) is 0 Å². The molecule has 0 saturated heterocycles. The van der Waals surface area contributed by atoms with E-state index >= 15 is 0 Å². The number of likely N-dealkylation sites (N-methyl/N-ethyl adjacent to an activating group) is 1. The average Bonchev–Trinajstić information content (AvgIpc) is 2.27. The van der Waals surface area contributed by atoms with Crippen molar-refractivity contribution in [1.82, 2.24) is 10.2 Å². The first-order valence-corrected chi connectivity index (χ1v) is 7.41. The molecule has 19 heavy (non-hydrogen) atoms. The minimum Gasteiger partial charge on any atom is -0.350 e. The molecule has 0 bridgehead atoms. The van der Waals surface area contributed by atoms with Crippen LogP contribution in [0.25, 0.3) is 0 Å². The molecule has 1 amide bonds. The van der Waals surface area contributed by atoms with Gasteiger partial charge in [-0.1, -0.05) is 6.92 Å². The van der Waals surface area contributed by atoms with Gasteiger partial charge in [0, 0.05) is 17.6 Å². The summed E-state index contributed by atoms with van der Waals surface area (Å²) in [6.45, 7) is 9.39. The summed E-state index contributed by atoms with van der Waals surface area (Å²) in [7, 11) is 2.03. The Balaban J connectivity index is 2.59. The minimum atomic E-state index is -0.172. The van der Waals surface area contributed by atoms with E-state index in [1.165, 1.54) is 12.8 Å². The number of nitrogens with one attached hydrogen (secondary N) is 1. The van der Waals surface area contributed by atoms with Crippen molar-refractivity contribution >= 4 is 5.91 Å². The molecular weight excluding hydrogens is 238 g/mol. The predicted octanol–water partition coefficient (Wildman–Crippen LogP) is 1.74. The fourth-order valence-corrected chi connectivity index (χ4v) is 2.88. The number of nitrogens with two attached hydrogens (primary N) is 1. The summed E-state index contributed by atoms with van der Waals surface area (Å²) >= 11 is 0. The molecule has 0 heterocycles. The number of hydrogen-bond acceptors (Lipinski definition) is 3. The Kier molecular flexibility index (Phi) is 5.39. The van der Waals surface area contributed by atoms with Gasteiger partial charge in [-0.05, 0) is 59.4 Å². The van der Waals surface area contributed by atoms with Gasteiger partial charge in [-0.15, -0.1) is 0 Å². The van der Waals surface area contributed by atoms with Gasteiger partial charge < -0.3 is 11.1 Å². The van der Waals surface area contributed by atoms with E-state index in [1.807, 2.05) is 27.8 Å². The quantitative estimate of drug-likeness (QED) is 0.817. The molecule has 1 aliphatic carbocycles. The molecule has 0 spiro atoms. The first kappa shape index (κ1) is 16.4. The molecule has 0 aromatic heterocycles. The van der Waals surface area contributed by atoms with E-state index in [-0.39, 0.29) is 17.0 Å². The van der Waals surface area contributed by atoms with Crippen molar-refractivity contribution in [2.75, 3.05) is 20.1 Å². The van der Waals surface area contributed by atoms with Crippen LogP contribution in [0.3, 0.4) is 0 Å². The zero-order valence-corrected chi connectivity index (χ0v) is 13.3. The lowest BCUT2D eigenvalue weighted by atomic mass is 9.76. The van der Waals surface area contributed by atoms with E-state index in [0.717, 1.165) is 18.8 Å². The van der Waals surface area contributed by atoms with Gasteiger partial charge in [0.15, 0.2) is 0 Å². The molecule has 1 fully saturated rings. The number of carbonyl (C=O) groups excluding carboxylic acids is 1. The number of amides is 1. The molecule has 1 aliphatic rings. The van der Waals surface area contributed by atoms with Crippen LogP contribution in [0.1, 0.15) is 53.4 Å². The molecule has 0 aliphatic heterocycles. The summed E-state index contributed by atoms with van der Waals surface area (Å²) < 4.78 is 0. The Morgan fingerprint density at radius 3 is 2.32 bits per heavy atom. The van der Waals surface area contributed by atoms with Crippen molar-refractivity contribution in [1.29, 1.82) is 0 Å². The molecule has 1 rings (SSSR count). The zero-order valence-electron chi connectivity index (χ0n) is 13.3. The maximum atomic E-state index is 12.0. The van der Waals surface area contributed by atoms with Crippen LogP contribution >= 0.6 is 0 Å². The van der Waals surface area contributed by atoms with Gasteiger partial charge in [-0.2, -0.15) is 0 Å². The molecule has 0 atom stereocenters. The van der Waals surface area contributed by atoms with Crippen LogP contribution in [0.15, 0.2) is 0 Å². The molecule has 0 aromatic carbocycles. The van der Waals surface area contributed by atoms with Gasteiger partial charge in [-0.25, -0.2) is 0 Å². The lowest BCUT2D eigenvalue weighted by molar-refractivity contribution is -0.125. The number of hydrogen-bond donors (Lipinski definition) is 2. The lowest BCUT2D eigenvalue weighted by Crippen LogP contribution is -2.57. The van der Waals surface area contributed by atoms with Crippen LogP contribution in [0.2, 0.25) is 0 Å². The number of carbonyl (C=O) groups is 1. The minimum absolute atomic E-state index is 0.0156. The van der Waals surface area contributed by atoms with E-state index in [2.05, 4.69) is 17.1 Å². The summed E-state index contributed by atoms with van der Waals surface area (Å²) in [5, 5.41) is 3.02. The van der Waals surface area contributed by atoms with Crippen molar-refractivity contribution in [2.45, 2.75) is 64.5 Å². The smallest absolute Gasteiger partial charge is 0.234 e. The maximum absolute atomic E-state index is 12.0. The topological polar surface area (TPSA) is 58.4 Å². The molecule has 1 saturated carbocycles. The van der Waals surface area contributed by atoms with Crippen molar-refractivity contribution in [3.05, 3.63) is 0 Å². The Bertz CT molecular complexity index is 301. The second-order valence-electron chi connectivity index (χ2n) is 7.27. The maximum Gasteiger partial charge on any atom is 0.234 e. The Morgan fingerprint density at radius 2 is 1.89 bits per heavy atom. The summed E-state index contributed by atoms with van der Waals surface area (Å²) in [6, 6.07) is 0. The normalized spacial score (nSPS) is 28.5. The van der Waals surface area contributed by atoms with Gasteiger partial charge in [0.2, 0.25) is 5.91 Å². The SMILES string of the molecule is CC1CCC(CN)(N(C)CC(=O)NC(C)(C)C)CC1. The summed E-state index contributed by atoms with van der Waals surface area (Å²) in [6.07, 6.45) is 4.62. The number of nitrogens with zero attached hydrogens (tertiary/aromatic N) is 1. The molecule has 0 aromatic rings. The average molecular weight is 269 g/mol. The lowest BCUT2D eigenvalue weighted by Gasteiger charge is -2.45. The molecule has 0 unspecified atom stereocenters. The third kappa shape index (κ3) is 4.77. The van der Waals surface area contributed by atoms with Crippen LogP contribution in [0.4, 0.5) is 0 Å². The Morgan fingerprint density at radius 1 is 1.37 bits per heavy atom. The van der Waals surface area contributed by atoms with Gasteiger partial charge in [0.25, 0.3) is 0 Å². The Hall–Kier alpha value is -0.610. The van der Waals surface area contributed by atoms with Gasteiger partial charge in [0.1, 0.15) is 0 Å². The first-order chi connectivity index (χ1) is 8.68. The number of rotatable bonds is 4. The van der Waals surface area contributed by atoms with Crippen LogP contribution < -0.4 is 11.1 Å². The van der Waals surface area contributed by atoms with E-state index in [9.17, 15) is 4.79 Å². The zero-order chi connectivity index (χ0) is 14.7. The highest BCUT2D eigenvalue weighted by Crippen LogP contribution is 2.34. The fourth-order valence-electron chi connectivity index (χ4n) is 2.88. The second-order valence-corrected chi connectivity index (χ2v) is 7.27. The molecule has 3 N–H and O–H groups in total. The van der Waals surface area contributed by atoms with Crippen molar-refractivity contribution in [3.63, 3.8) is 0 Å². The van der Waals surface area contributed by atoms with Crippen molar-refractivity contribution < 1.29 is 4.79 Å². The van der Waals surface area contributed by atoms with Crippen molar-refractivity contribution in [2.24, 2.45) is 11.7 Å². The second kappa shape index (κ2) is 6.23. The fraction of sp³-hybridized carbons (Fsp3) is 0.933. The molecule has 112 valence electrons. The third-order valence-corrected chi connectivity index (χ3v) is 4.29. The molecule has 4 heteroatoms. The highest BCUT2D eigenvalue weighted by molar-refractivity contribution is 5.78. The van der Waals surface area contributed by atoms with E-state index in [1.54, 1.807) is 0 Å². The summed E-state index contributed by atoms with van der Waals surface area (Å²) in [5.41, 5.74) is 5.86. The highest BCUT2D eigenvalue weighted by atomic mass is 16.2. The predicted molar refractivity (Wildman–Crippen MR) is 79.9 cm³/mol. The third-order valence-electron chi connectivity index (χ3n) is 4.29. The molecule has 0 radical (unpaired) electrons. The highest BCUT2D eigenvalue weighted by Gasteiger charge is 2.37. The van der Waals surface area contributed by atoms with Gasteiger partial charge >= 0.3 is 0 Å². The monoisotopic (exact) mass is 269 g/mol. The summed E-state index contributed by atoms with van der Waals surface area (Å²) in [5.74, 6) is 0.873. The van der Waals surface area contributed by atoms with Crippen LogP contribution in [-0.2, 0) is 4.79 Å². The van der Waals surface area contributed by atoms with Gasteiger partial charge in [0.05, 0.1) is 6.54 Å². The van der Waals surface area contributed by atoms with E-state index in [4.69, 9.17) is 5.73 Å². The molecule has 4 nitrogen and oxygen atoms in total. The van der Waals surface area contributed by atoms with E-state index in [0.29, 0.717) is 13.1 Å². The van der Waals surface area contributed by atoms with Gasteiger partial charge in [-0.3, -0.25) is 9.69 Å². The Labute approximate surface area is 118 Å². The largest absolute Gasteiger partial charge is 0.350 e. The first-order valence-electron chi connectivity index (χ1n) is 7.41. The van der Waals surface area contributed by atoms with Crippen LogP contribution in [0.5, 0.6) is 0 Å². The molecular formula is C15H31N3O. The van der Waals surface area contributed by atoms with Crippen LogP contribution in [0, 0.1) is 5.92 Å².